The van der Waals surface area contributed by atoms with E-state index in [1.807, 2.05) is 84.7 Å². The van der Waals surface area contributed by atoms with Gasteiger partial charge in [0.05, 0.1) is 0 Å². The summed E-state index contributed by atoms with van der Waals surface area (Å²) in [4.78, 5) is 21.2. The third kappa shape index (κ3) is 4.73. The molecule has 0 aliphatic rings. The van der Waals surface area contributed by atoms with Crippen LogP contribution in [0.1, 0.15) is 15.9 Å². The van der Waals surface area contributed by atoms with Gasteiger partial charge in [0.2, 0.25) is 0 Å². The van der Waals surface area contributed by atoms with Gasteiger partial charge >= 0.3 is 0 Å². The highest BCUT2D eigenvalue weighted by atomic mass is 16.1. The van der Waals surface area contributed by atoms with Crippen LogP contribution in [-0.2, 0) is 0 Å². The number of hydrogen-bond donors (Lipinski definition) is 1. The molecule has 0 saturated heterocycles. The predicted molar refractivity (Wildman–Crippen MR) is 123 cm³/mol. The first kappa shape index (κ1) is 20.6. The molecule has 7 heteroatoms. The number of pyridine rings is 1. The summed E-state index contributed by atoms with van der Waals surface area (Å²) in [5.41, 5.74) is 4.37. The number of aryl methyl sites for hydroxylation is 1. The van der Waals surface area contributed by atoms with Gasteiger partial charge in [0, 0.05) is 36.2 Å². The van der Waals surface area contributed by atoms with Crippen molar-refractivity contribution in [2.75, 3.05) is 32.1 Å². The summed E-state index contributed by atoms with van der Waals surface area (Å²) in [5.74, 6) is 0.487. The van der Waals surface area contributed by atoms with E-state index >= 15 is 0 Å². The minimum absolute atomic E-state index is 0.0821. The number of carbonyl (C=O) groups is 1. The highest BCUT2D eigenvalue weighted by molar-refractivity contribution is 5.94. The Hall–Kier alpha value is -3.71. The summed E-state index contributed by atoms with van der Waals surface area (Å²) in [6, 6.07) is 21.5. The van der Waals surface area contributed by atoms with Crippen LogP contribution in [0, 0.1) is 6.92 Å². The first-order valence-corrected chi connectivity index (χ1v) is 10.2. The van der Waals surface area contributed by atoms with Crippen LogP contribution in [0.25, 0.3) is 5.65 Å². The smallest absolute Gasteiger partial charge is 0.254 e. The minimum atomic E-state index is -0.0821. The van der Waals surface area contributed by atoms with Crippen LogP contribution in [0.3, 0.4) is 0 Å². The Balaban J connectivity index is 1.66. The molecule has 0 fully saturated rings. The average Bonchev–Trinajstić information content (AvgIpc) is 3.17. The highest BCUT2D eigenvalue weighted by Gasteiger charge is 2.18. The summed E-state index contributed by atoms with van der Waals surface area (Å²) in [5, 5.41) is 7.60. The summed E-state index contributed by atoms with van der Waals surface area (Å²) in [6.07, 6.45) is 1.88. The Morgan fingerprint density at radius 3 is 2.52 bits per heavy atom. The van der Waals surface area contributed by atoms with Crippen LogP contribution in [0.5, 0.6) is 0 Å². The SMILES string of the molecule is Cc1cccc(N(c2ccc(C(=O)NCCN(C)C)cc2)c2nc3ccccn3n2)c1. The molecule has 0 atom stereocenters. The number of carbonyl (C=O) groups excluding carboxylic acids is 1. The van der Waals surface area contributed by atoms with Gasteiger partial charge in [-0.25, -0.2) is 4.52 Å². The first-order valence-electron chi connectivity index (χ1n) is 10.2. The molecule has 0 aliphatic heterocycles. The van der Waals surface area contributed by atoms with Crippen molar-refractivity contribution < 1.29 is 4.79 Å². The molecule has 0 aliphatic carbocycles. The molecule has 2 aromatic carbocycles. The van der Waals surface area contributed by atoms with Crippen molar-refractivity contribution in [3.63, 3.8) is 0 Å². The zero-order valence-electron chi connectivity index (χ0n) is 18.0. The van der Waals surface area contributed by atoms with E-state index in [4.69, 9.17) is 4.98 Å². The fraction of sp³-hybridized carbons (Fsp3) is 0.208. The number of likely N-dealkylation sites (N-methyl/N-ethyl adjacent to an activating group) is 1. The lowest BCUT2D eigenvalue weighted by atomic mass is 10.1. The lowest BCUT2D eigenvalue weighted by Crippen LogP contribution is -2.31. The van der Waals surface area contributed by atoms with E-state index < -0.39 is 0 Å². The third-order valence-electron chi connectivity index (χ3n) is 4.92. The lowest BCUT2D eigenvalue weighted by molar-refractivity contribution is 0.0951. The molecule has 2 heterocycles. The number of hydrogen-bond acceptors (Lipinski definition) is 5. The fourth-order valence-electron chi connectivity index (χ4n) is 3.32. The largest absolute Gasteiger partial charge is 0.351 e. The van der Waals surface area contributed by atoms with E-state index in [2.05, 4.69) is 29.5 Å². The van der Waals surface area contributed by atoms with E-state index in [0.717, 1.165) is 29.1 Å². The fourth-order valence-corrected chi connectivity index (χ4v) is 3.32. The maximum Gasteiger partial charge on any atom is 0.254 e. The van der Waals surface area contributed by atoms with Gasteiger partial charge in [0.15, 0.2) is 5.65 Å². The topological polar surface area (TPSA) is 65.8 Å². The van der Waals surface area contributed by atoms with Crippen molar-refractivity contribution in [1.29, 1.82) is 0 Å². The Morgan fingerprint density at radius 1 is 1.00 bits per heavy atom. The number of nitrogens with zero attached hydrogens (tertiary/aromatic N) is 5. The Labute approximate surface area is 181 Å². The van der Waals surface area contributed by atoms with Crippen molar-refractivity contribution >= 4 is 28.9 Å². The van der Waals surface area contributed by atoms with E-state index in [1.54, 1.807) is 4.52 Å². The maximum atomic E-state index is 12.4. The van der Waals surface area contributed by atoms with Crippen LogP contribution in [0.15, 0.2) is 72.9 Å². The number of rotatable bonds is 7. The van der Waals surface area contributed by atoms with Gasteiger partial charge < -0.3 is 10.2 Å². The Kier molecular flexibility index (Phi) is 5.95. The van der Waals surface area contributed by atoms with Crippen LogP contribution in [-0.4, -0.2) is 52.6 Å². The molecule has 4 aromatic rings. The summed E-state index contributed by atoms with van der Waals surface area (Å²) in [6.45, 7) is 3.46. The highest BCUT2D eigenvalue weighted by Crippen LogP contribution is 2.33. The number of fused-ring (bicyclic) bond motifs is 1. The average molecular weight is 415 g/mol. The van der Waals surface area contributed by atoms with Crippen molar-refractivity contribution in [2.24, 2.45) is 0 Å². The predicted octanol–water partition coefficient (Wildman–Crippen LogP) is 3.80. The molecule has 4 rings (SSSR count). The molecular formula is C24H26N6O. The summed E-state index contributed by atoms with van der Waals surface area (Å²) < 4.78 is 1.75. The van der Waals surface area contributed by atoms with Crippen LogP contribution in [0.4, 0.5) is 17.3 Å². The van der Waals surface area contributed by atoms with Gasteiger partial charge in [0.25, 0.3) is 11.9 Å². The van der Waals surface area contributed by atoms with Gasteiger partial charge in [-0.3, -0.25) is 9.69 Å². The number of nitrogens with one attached hydrogen (secondary N) is 1. The van der Waals surface area contributed by atoms with Crippen LogP contribution < -0.4 is 10.2 Å². The van der Waals surface area contributed by atoms with Gasteiger partial charge in [0.1, 0.15) is 0 Å². The van der Waals surface area contributed by atoms with Gasteiger partial charge in [-0.2, -0.15) is 4.98 Å². The number of anilines is 3. The van der Waals surface area contributed by atoms with Crippen molar-refractivity contribution in [3.8, 4) is 0 Å². The van der Waals surface area contributed by atoms with Gasteiger partial charge in [-0.1, -0.05) is 18.2 Å². The molecule has 0 unspecified atom stereocenters. The normalized spacial score (nSPS) is 11.1. The molecule has 7 nitrogen and oxygen atoms in total. The molecular weight excluding hydrogens is 388 g/mol. The van der Waals surface area contributed by atoms with E-state index in [-0.39, 0.29) is 5.91 Å². The van der Waals surface area contributed by atoms with Gasteiger partial charge in [-0.15, -0.1) is 5.10 Å². The van der Waals surface area contributed by atoms with E-state index in [9.17, 15) is 4.79 Å². The molecule has 1 amide bonds. The molecule has 2 aromatic heterocycles. The van der Waals surface area contributed by atoms with Crippen LogP contribution >= 0.6 is 0 Å². The standard InChI is InChI=1S/C24H26N6O/c1-18-7-6-8-21(17-18)30(24-26-22-9-4-5-15-29(22)27-24)20-12-10-19(11-13-20)23(31)25-14-16-28(2)3/h4-13,15,17H,14,16H2,1-3H3,(H,25,31). The van der Waals surface area contributed by atoms with Gasteiger partial charge in [-0.05, 0) is 75.1 Å². The molecule has 158 valence electrons. The zero-order chi connectivity index (χ0) is 21.8. The molecule has 0 spiro atoms. The summed E-state index contributed by atoms with van der Waals surface area (Å²) >= 11 is 0. The lowest BCUT2D eigenvalue weighted by Gasteiger charge is -2.22. The molecule has 0 radical (unpaired) electrons. The monoisotopic (exact) mass is 414 g/mol. The third-order valence-corrected chi connectivity index (χ3v) is 4.92. The number of benzene rings is 2. The molecule has 31 heavy (non-hydrogen) atoms. The number of amides is 1. The van der Waals surface area contributed by atoms with E-state index in [1.165, 1.54) is 0 Å². The molecule has 0 bridgehead atoms. The van der Waals surface area contributed by atoms with Crippen molar-refractivity contribution in [3.05, 3.63) is 84.1 Å². The first-order chi connectivity index (χ1) is 15.0. The quantitative estimate of drug-likeness (QED) is 0.498. The number of aromatic nitrogens is 3. The summed E-state index contributed by atoms with van der Waals surface area (Å²) in [7, 11) is 3.96. The van der Waals surface area contributed by atoms with E-state index in [0.29, 0.717) is 18.1 Å². The van der Waals surface area contributed by atoms with Crippen molar-refractivity contribution in [1.82, 2.24) is 24.8 Å². The Bertz CT molecular complexity index is 1150. The second kappa shape index (κ2) is 8.97. The zero-order valence-corrected chi connectivity index (χ0v) is 18.0. The second-order valence-corrected chi connectivity index (χ2v) is 7.70. The Morgan fingerprint density at radius 2 is 1.81 bits per heavy atom. The maximum absolute atomic E-state index is 12.4. The second-order valence-electron chi connectivity index (χ2n) is 7.70. The molecule has 1 N–H and O–H groups in total. The van der Waals surface area contributed by atoms with Crippen molar-refractivity contribution in [2.45, 2.75) is 6.92 Å². The minimum Gasteiger partial charge on any atom is -0.351 e. The molecule has 0 saturated carbocycles. The van der Waals surface area contributed by atoms with Crippen LogP contribution in [0.2, 0.25) is 0 Å².